The molecule has 24 heavy (non-hydrogen) atoms. The van der Waals surface area contributed by atoms with Crippen molar-refractivity contribution in [3.8, 4) is 0 Å². The van der Waals surface area contributed by atoms with Gasteiger partial charge in [0, 0.05) is 24.9 Å². The lowest BCUT2D eigenvalue weighted by Gasteiger charge is -2.30. The van der Waals surface area contributed by atoms with Gasteiger partial charge in [-0.05, 0) is 31.4 Å². The number of piperidine rings is 1. The van der Waals surface area contributed by atoms with Crippen molar-refractivity contribution in [1.29, 1.82) is 0 Å². The van der Waals surface area contributed by atoms with Gasteiger partial charge in [0.2, 0.25) is 5.89 Å². The molecule has 1 aliphatic rings. The molecule has 0 unspecified atom stereocenters. The molecule has 0 N–H and O–H groups in total. The number of halogens is 1. The van der Waals surface area contributed by atoms with E-state index in [0.29, 0.717) is 35.5 Å². The summed E-state index contributed by atoms with van der Waals surface area (Å²) in [5.41, 5.74) is 0.564. The van der Waals surface area contributed by atoms with E-state index in [4.69, 9.17) is 16.1 Å². The molecule has 0 bridgehead atoms. The average Bonchev–Trinajstić information content (AvgIpc) is 3.11. The number of benzene rings is 1. The van der Waals surface area contributed by atoms with E-state index in [9.17, 15) is 4.79 Å². The molecular formula is C18H22ClN3O2. The molecule has 1 saturated heterocycles. The van der Waals surface area contributed by atoms with E-state index in [-0.39, 0.29) is 11.8 Å². The maximum absolute atomic E-state index is 12.6. The quantitative estimate of drug-likeness (QED) is 0.829. The van der Waals surface area contributed by atoms with Gasteiger partial charge in [-0.2, -0.15) is 4.98 Å². The van der Waals surface area contributed by atoms with Gasteiger partial charge in [-0.1, -0.05) is 42.7 Å². The molecular weight excluding hydrogens is 326 g/mol. The third kappa shape index (κ3) is 3.46. The standard InChI is InChI=1S/C18H22ClN3O2/c1-3-12(2)16-20-17(24-21-16)13-8-10-22(11-9-13)18(23)14-6-4-5-7-15(14)19/h4-7,12-13H,3,8-11H2,1-2H3/t12-/m0/s1. The number of likely N-dealkylation sites (tertiary alicyclic amines) is 1. The molecule has 3 rings (SSSR count). The van der Waals surface area contributed by atoms with Gasteiger partial charge in [0.05, 0.1) is 10.6 Å². The highest BCUT2D eigenvalue weighted by Gasteiger charge is 2.29. The normalized spacial score (nSPS) is 17.0. The zero-order chi connectivity index (χ0) is 17.1. The molecule has 128 valence electrons. The van der Waals surface area contributed by atoms with E-state index in [2.05, 4.69) is 24.0 Å². The zero-order valence-electron chi connectivity index (χ0n) is 14.0. The van der Waals surface area contributed by atoms with Crippen LogP contribution in [0, 0.1) is 0 Å². The smallest absolute Gasteiger partial charge is 0.255 e. The molecule has 0 aliphatic carbocycles. The van der Waals surface area contributed by atoms with E-state index in [0.717, 1.165) is 25.1 Å². The second-order valence-electron chi connectivity index (χ2n) is 6.35. The Morgan fingerprint density at radius 1 is 1.38 bits per heavy atom. The van der Waals surface area contributed by atoms with Crippen LogP contribution in [0.3, 0.4) is 0 Å². The van der Waals surface area contributed by atoms with Crippen LogP contribution in [0.4, 0.5) is 0 Å². The summed E-state index contributed by atoms with van der Waals surface area (Å²) >= 11 is 6.13. The topological polar surface area (TPSA) is 59.2 Å². The second-order valence-corrected chi connectivity index (χ2v) is 6.75. The lowest BCUT2D eigenvalue weighted by molar-refractivity contribution is 0.0704. The van der Waals surface area contributed by atoms with Gasteiger partial charge in [0.1, 0.15) is 0 Å². The Balaban J connectivity index is 1.62. The number of hydrogen-bond acceptors (Lipinski definition) is 4. The fourth-order valence-corrected chi connectivity index (χ4v) is 3.15. The van der Waals surface area contributed by atoms with Gasteiger partial charge in [-0.25, -0.2) is 0 Å². The Morgan fingerprint density at radius 3 is 2.75 bits per heavy atom. The van der Waals surface area contributed by atoms with Crippen LogP contribution in [0.15, 0.2) is 28.8 Å². The summed E-state index contributed by atoms with van der Waals surface area (Å²) < 4.78 is 5.44. The minimum absolute atomic E-state index is 0.00938. The van der Waals surface area contributed by atoms with Crippen molar-refractivity contribution >= 4 is 17.5 Å². The summed E-state index contributed by atoms with van der Waals surface area (Å²) in [5, 5.41) is 4.59. The molecule has 1 aliphatic heterocycles. The molecule has 1 aromatic carbocycles. The fraction of sp³-hybridized carbons (Fsp3) is 0.500. The van der Waals surface area contributed by atoms with Crippen molar-refractivity contribution in [2.75, 3.05) is 13.1 Å². The van der Waals surface area contributed by atoms with E-state index in [1.54, 1.807) is 12.1 Å². The Labute approximate surface area is 147 Å². The van der Waals surface area contributed by atoms with Gasteiger partial charge in [-0.15, -0.1) is 0 Å². The fourth-order valence-electron chi connectivity index (χ4n) is 2.93. The Bertz CT molecular complexity index is 708. The SMILES string of the molecule is CC[C@H](C)c1noc(C2CCN(C(=O)c3ccccc3Cl)CC2)n1. The number of carbonyl (C=O) groups excluding carboxylic acids is 1. The van der Waals surface area contributed by atoms with Crippen molar-refractivity contribution in [3.63, 3.8) is 0 Å². The first-order valence-corrected chi connectivity index (χ1v) is 8.85. The van der Waals surface area contributed by atoms with E-state index >= 15 is 0 Å². The summed E-state index contributed by atoms with van der Waals surface area (Å²) in [6.07, 6.45) is 2.65. The third-order valence-corrected chi connectivity index (χ3v) is 5.08. The van der Waals surface area contributed by atoms with Gasteiger partial charge in [-0.3, -0.25) is 4.79 Å². The van der Waals surface area contributed by atoms with E-state index in [1.165, 1.54) is 0 Å². The van der Waals surface area contributed by atoms with Crippen LogP contribution in [0.1, 0.15) is 67.0 Å². The van der Waals surface area contributed by atoms with Crippen LogP contribution in [-0.4, -0.2) is 34.0 Å². The first-order valence-electron chi connectivity index (χ1n) is 8.47. The van der Waals surface area contributed by atoms with Gasteiger partial charge >= 0.3 is 0 Å². The molecule has 2 aromatic rings. The molecule has 1 fully saturated rings. The number of carbonyl (C=O) groups is 1. The lowest BCUT2D eigenvalue weighted by Crippen LogP contribution is -2.38. The monoisotopic (exact) mass is 347 g/mol. The molecule has 1 aromatic heterocycles. The Hall–Kier alpha value is -1.88. The maximum atomic E-state index is 12.6. The predicted octanol–water partition coefficient (Wildman–Crippen LogP) is 4.26. The molecule has 5 nitrogen and oxygen atoms in total. The van der Waals surface area contributed by atoms with Gasteiger partial charge < -0.3 is 9.42 Å². The number of amides is 1. The minimum atomic E-state index is -0.00938. The highest BCUT2D eigenvalue weighted by molar-refractivity contribution is 6.33. The molecule has 0 radical (unpaired) electrons. The van der Waals surface area contributed by atoms with Crippen molar-refractivity contribution in [2.45, 2.75) is 44.9 Å². The Morgan fingerprint density at radius 2 is 2.08 bits per heavy atom. The summed E-state index contributed by atoms with van der Waals surface area (Å²) in [7, 11) is 0. The van der Waals surface area contributed by atoms with Crippen LogP contribution in [0.25, 0.3) is 0 Å². The molecule has 6 heteroatoms. The van der Waals surface area contributed by atoms with Crippen molar-refractivity contribution in [3.05, 3.63) is 46.6 Å². The van der Waals surface area contributed by atoms with Crippen LogP contribution in [-0.2, 0) is 0 Å². The maximum Gasteiger partial charge on any atom is 0.255 e. The number of hydrogen-bond donors (Lipinski definition) is 0. The molecule has 1 amide bonds. The molecule has 1 atom stereocenters. The van der Waals surface area contributed by atoms with Crippen molar-refractivity contribution < 1.29 is 9.32 Å². The van der Waals surface area contributed by atoms with Crippen LogP contribution in [0.2, 0.25) is 5.02 Å². The molecule has 0 saturated carbocycles. The Kier molecular flexibility index (Phi) is 5.19. The highest BCUT2D eigenvalue weighted by atomic mass is 35.5. The first kappa shape index (κ1) is 17.0. The summed E-state index contributed by atoms with van der Waals surface area (Å²) in [5.74, 6) is 2.01. The van der Waals surface area contributed by atoms with Gasteiger partial charge in [0.15, 0.2) is 5.82 Å². The van der Waals surface area contributed by atoms with Crippen LogP contribution >= 0.6 is 11.6 Å². The van der Waals surface area contributed by atoms with E-state index in [1.807, 2.05) is 17.0 Å². The second kappa shape index (κ2) is 7.34. The zero-order valence-corrected chi connectivity index (χ0v) is 14.8. The average molecular weight is 348 g/mol. The third-order valence-electron chi connectivity index (χ3n) is 4.75. The number of rotatable bonds is 4. The van der Waals surface area contributed by atoms with Crippen LogP contribution < -0.4 is 0 Å². The predicted molar refractivity (Wildman–Crippen MR) is 92.3 cm³/mol. The van der Waals surface area contributed by atoms with Crippen molar-refractivity contribution in [2.24, 2.45) is 0 Å². The first-order chi connectivity index (χ1) is 11.6. The minimum Gasteiger partial charge on any atom is -0.339 e. The summed E-state index contributed by atoms with van der Waals surface area (Å²) in [6.45, 7) is 5.56. The molecule has 2 heterocycles. The van der Waals surface area contributed by atoms with Gasteiger partial charge in [0.25, 0.3) is 5.91 Å². The highest BCUT2D eigenvalue weighted by Crippen LogP contribution is 2.29. The summed E-state index contributed by atoms with van der Waals surface area (Å²) in [6, 6.07) is 7.18. The number of nitrogens with zero attached hydrogens (tertiary/aromatic N) is 3. The number of aromatic nitrogens is 2. The molecule has 0 spiro atoms. The summed E-state index contributed by atoms with van der Waals surface area (Å²) in [4.78, 5) is 19.0. The largest absolute Gasteiger partial charge is 0.339 e. The van der Waals surface area contributed by atoms with Crippen LogP contribution in [0.5, 0.6) is 0 Å². The van der Waals surface area contributed by atoms with E-state index < -0.39 is 0 Å². The van der Waals surface area contributed by atoms with Crippen molar-refractivity contribution in [1.82, 2.24) is 15.0 Å². The lowest BCUT2D eigenvalue weighted by atomic mass is 9.96.